The summed E-state index contributed by atoms with van der Waals surface area (Å²) in [5, 5.41) is 5.43. The summed E-state index contributed by atoms with van der Waals surface area (Å²) < 4.78 is 26.7. The fourth-order valence-corrected chi connectivity index (χ4v) is 2.37. The van der Waals surface area contributed by atoms with Crippen molar-refractivity contribution in [2.75, 3.05) is 40.2 Å². The monoisotopic (exact) mass is 374 g/mol. The summed E-state index contributed by atoms with van der Waals surface area (Å²) in [6.07, 6.45) is 0. The Morgan fingerprint density at radius 3 is 2.19 bits per heavy atom. The first-order valence-corrected chi connectivity index (χ1v) is 8.55. The molecule has 0 aliphatic carbocycles. The first-order chi connectivity index (χ1) is 13.2. The molecule has 2 aromatic rings. The highest BCUT2D eigenvalue weighted by molar-refractivity contribution is 5.73. The van der Waals surface area contributed by atoms with E-state index >= 15 is 0 Å². The minimum absolute atomic E-state index is 0.225. The number of methoxy groups -OCH3 is 1. The first-order valence-electron chi connectivity index (χ1n) is 8.55. The van der Waals surface area contributed by atoms with E-state index in [0.29, 0.717) is 43.6 Å². The highest BCUT2D eigenvalue weighted by Gasteiger charge is 2.13. The largest absolute Gasteiger partial charge is 0.497 e. The Kier molecular flexibility index (Phi) is 6.45. The lowest BCUT2D eigenvalue weighted by molar-refractivity contribution is 0.173. The van der Waals surface area contributed by atoms with Gasteiger partial charge in [0.15, 0.2) is 11.5 Å². The van der Waals surface area contributed by atoms with Crippen molar-refractivity contribution in [2.45, 2.75) is 0 Å². The van der Waals surface area contributed by atoms with E-state index in [1.165, 1.54) is 0 Å². The number of amides is 2. The van der Waals surface area contributed by atoms with Gasteiger partial charge in [-0.05, 0) is 36.4 Å². The van der Waals surface area contributed by atoms with E-state index in [1.54, 1.807) is 25.3 Å². The second kappa shape index (κ2) is 9.42. The maximum atomic E-state index is 11.7. The lowest BCUT2D eigenvalue weighted by Crippen LogP contribution is -2.39. The summed E-state index contributed by atoms with van der Waals surface area (Å²) in [4.78, 5) is 11.7. The summed E-state index contributed by atoms with van der Waals surface area (Å²) in [7, 11) is 1.61. The average molecular weight is 374 g/mol. The number of ether oxygens (including phenoxy) is 5. The van der Waals surface area contributed by atoms with Crippen molar-refractivity contribution in [3.63, 3.8) is 0 Å². The van der Waals surface area contributed by atoms with Crippen LogP contribution in [-0.2, 0) is 0 Å². The van der Waals surface area contributed by atoms with Crippen molar-refractivity contribution in [2.24, 2.45) is 0 Å². The molecular formula is C19H22N2O6. The van der Waals surface area contributed by atoms with E-state index < -0.39 is 0 Å². The van der Waals surface area contributed by atoms with E-state index in [2.05, 4.69) is 10.6 Å². The lowest BCUT2D eigenvalue weighted by atomic mass is 10.3. The quantitative estimate of drug-likeness (QED) is 0.654. The van der Waals surface area contributed by atoms with E-state index in [0.717, 1.165) is 11.5 Å². The average Bonchev–Trinajstić information content (AvgIpc) is 3.17. The van der Waals surface area contributed by atoms with Crippen LogP contribution in [-0.4, -0.2) is 46.2 Å². The molecule has 144 valence electrons. The second-order valence-electron chi connectivity index (χ2n) is 5.57. The van der Waals surface area contributed by atoms with Crippen molar-refractivity contribution in [1.82, 2.24) is 10.6 Å². The molecule has 0 saturated heterocycles. The van der Waals surface area contributed by atoms with Crippen molar-refractivity contribution in [1.29, 1.82) is 0 Å². The molecule has 0 aromatic heterocycles. The predicted molar refractivity (Wildman–Crippen MR) is 98.0 cm³/mol. The Bertz CT molecular complexity index is 750. The fourth-order valence-electron chi connectivity index (χ4n) is 2.37. The van der Waals surface area contributed by atoms with Crippen LogP contribution in [0, 0.1) is 0 Å². The molecule has 8 heteroatoms. The van der Waals surface area contributed by atoms with Crippen molar-refractivity contribution >= 4 is 6.03 Å². The zero-order valence-electron chi connectivity index (χ0n) is 15.0. The van der Waals surface area contributed by atoms with Crippen molar-refractivity contribution < 1.29 is 28.5 Å². The zero-order valence-corrected chi connectivity index (χ0v) is 15.0. The van der Waals surface area contributed by atoms with E-state index in [4.69, 9.17) is 23.7 Å². The topological polar surface area (TPSA) is 87.3 Å². The molecule has 27 heavy (non-hydrogen) atoms. The SMILES string of the molecule is COc1ccc(OCCNC(=O)NCCOc2ccc3c(c2)OCO3)cc1. The number of benzene rings is 2. The maximum absolute atomic E-state index is 11.7. The molecule has 2 N–H and O–H groups in total. The summed E-state index contributed by atoms with van der Waals surface area (Å²) >= 11 is 0. The molecule has 2 aromatic carbocycles. The van der Waals surface area contributed by atoms with Gasteiger partial charge in [-0.15, -0.1) is 0 Å². The molecule has 0 saturated carbocycles. The maximum Gasteiger partial charge on any atom is 0.315 e. The number of carbonyl (C=O) groups is 1. The van der Waals surface area contributed by atoms with Crippen molar-refractivity contribution in [3.8, 4) is 28.7 Å². The van der Waals surface area contributed by atoms with Gasteiger partial charge in [-0.2, -0.15) is 0 Å². The Morgan fingerprint density at radius 2 is 1.48 bits per heavy atom. The van der Waals surface area contributed by atoms with Gasteiger partial charge < -0.3 is 34.3 Å². The van der Waals surface area contributed by atoms with Crippen LogP contribution >= 0.6 is 0 Å². The highest BCUT2D eigenvalue weighted by Crippen LogP contribution is 2.34. The summed E-state index contributed by atoms with van der Waals surface area (Å²) in [6, 6.07) is 12.3. The molecule has 1 aliphatic heterocycles. The molecule has 0 spiro atoms. The Hall–Kier alpha value is -3.29. The molecular weight excluding hydrogens is 352 g/mol. The summed E-state index contributed by atoms with van der Waals surface area (Å²) in [5.74, 6) is 3.51. The van der Waals surface area contributed by atoms with Gasteiger partial charge in [0.05, 0.1) is 20.2 Å². The summed E-state index contributed by atoms with van der Waals surface area (Å²) in [5.41, 5.74) is 0. The number of fused-ring (bicyclic) bond motifs is 1. The van der Waals surface area contributed by atoms with Crippen LogP contribution in [0.1, 0.15) is 0 Å². The van der Waals surface area contributed by atoms with Gasteiger partial charge in [-0.3, -0.25) is 0 Å². The van der Waals surface area contributed by atoms with Gasteiger partial charge in [0.2, 0.25) is 6.79 Å². The predicted octanol–water partition coefficient (Wildman–Crippen LogP) is 2.18. The third-order valence-corrected chi connectivity index (χ3v) is 3.72. The molecule has 8 nitrogen and oxygen atoms in total. The first kappa shape index (κ1) is 18.5. The number of rotatable bonds is 9. The summed E-state index contributed by atoms with van der Waals surface area (Å²) in [6.45, 7) is 1.70. The van der Waals surface area contributed by atoms with Crippen LogP contribution in [0.25, 0.3) is 0 Å². The molecule has 0 atom stereocenters. The third-order valence-electron chi connectivity index (χ3n) is 3.72. The molecule has 0 radical (unpaired) electrons. The van der Waals surface area contributed by atoms with Crippen LogP contribution < -0.4 is 34.3 Å². The van der Waals surface area contributed by atoms with E-state index in [-0.39, 0.29) is 12.8 Å². The molecule has 1 aliphatic rings. The second-order valence-corrected chi connectivity index (χ2v) is 5.57. The van der Waals surface area contributed by atoms with Crippen LogP contribution in [0.15, 0.2) is 42.5 Å². The standard InChI is InChI=1S/C19H22N2O6/c1-23-14-2-4-15(5-3-14)24-10-8-20-19(22)21-9-11-25-16-6-7-17-18(12-16)27-13-26-17/h2-7,12H,8-11,13H2,1H3,(H2,20,21,22). The van der Waals surface area contributed by atoms with Crippen LogP contribution in [0.4, 0.5) is 4.79 Å². The zero-order chi connectivity index (χ0) is 18.9. The Balaban J connectivity index is 1.25. The van der Waals surface area contributed by atoms with Gasteiger partial charge in [0.25, 0.3) is 0 Å². The van der Waals surface area contributed by atoms with E-state index in [1.807, 2.05) is 24.3 Å². The molecule has 0 bridgehead atoms. The fraction of sp³-hybridized carbons (Fsp3) is 0.316. The van der Waals surface area contributed by atoms with Gasteiger partial charge in [-0.25, -0.2) is 4.79 Å². The number of hydrogen-bond acceptors (Lipinski definition) is 6. The highest BCUT2D eigenvalue weighted by atomic mass is 16.7. The van der Waals surface area contributed by atoms with Crippen LogP contribution in [0.3, 0.4) is 0 Å². The minimum atomic E-state index is -0.275. The van der Waals surface area contributed by atoms with Crippen LogP contribution in [0.2, 0.25) is 0 Å². The van der Waals surface area contributed by atoms with Gasteiger partial charge in [0.1, 0.15) is 30.5 Å². The van der Waals surface area contributed by atoms with Gasteiger partial charge >= 0.3 is 6.03 Å². The van der Waals surface area contributed by atoms with Gasteiger partial charge in [-0.1, -0.05) is 0 Å². The number of carbonyl (C=O) groups excluding carboxylic acids is 1. The third kappa shape index (κ3) is 5.60. The van der Waals surface area contributed by atoms with Crippen LogP contribution in [0.5, 0.6) is 28.7 Å². The Labute approximate surface area is 157 Å². The van der Waals surface area contributed by atoms with E-state index in [9.17, 15) is 4.79 Å². The normalized spacial score (nSPS) is 11.6. The van der Waals surface area contributed by atoms with Crippen molar-refractivity contribution in [3.05, 3.63) is 42.5 Å². The van der Waals surface area contributed by atoms with Gasteiger partial charge in [0, 0.05) is 6.07 Å². The Morgan fingerprint density at radius 1 is 0.889 bits per heavy atom. The lowest BCUT2D eigenvalue weighted by Gasteiger charge is -2.10. The molecule has 0 unspecified atom stereocenters. The minimum Gasteiger partial charge on any atom is -0.497 e. The smallest absolute Gasteiger partial charge is 0.315 e. The number of hydrogen-bond donors (Lipinski definition) is 2. The molecule has 1 heterocycles. The molecule has 2 amide bonds. The molecule has 3 rings (SSSR count). The number of urea groups is 1. The molecule has 0 fully saturated rings. The number of nitrogens with one attached hydrogen (secondary N) is 2.